The van der Waals surface area contributed by atoms with Crippen LogP contribution in [0.15, 0.2) is 11.6 Å². The summed E-state index contributed by atoms with van der Waals surface area (Å²) in [6, 6.07) is 0. The van der Waals surface area contributed by atoms with Crippen LogP contribution in [-0.2, 0) is 0 Å². The standard InChI is InChI=1S/C10H20N2/c1-11-7-3-4-10-5-8-12(2)9-6-10/h5,11H,3-4,6-9H2,1-2H3. The highest BCUT2D eigenvalue weighted by Gasteiger charge is 2.06. The molecule has 1 aliphatic rings. The summed E-state index contributed by atoms with van der Waals surface area (Å²) in [7, 11) is 4.20. The van der Waals surface area contributed by atoms with Gasteiger partial charge >= 0.3 is 0 Å². The maximum absolute atomic E-state index is 3.18. The van der Waals surface area contributed by atoms with Crippen molar-refractivity contribution in [1.29, 1.82) is 0 Å². The molecule has 0 aromatic carbocycles. The molecule has 0 bridgehead atoms. The Morgan fingerprint density at radius 1 is 1.58 bits per heavy atom. The van der Waals surface area contributed by atoms with Gasteiger partial charge in [0.1, 0.15) is 0 Å². The van der Waals surface area contributed by atoms with Gasteiger partial charge in [0.15, 0.2) is 0 Å². The van der Waals surface area contributed by atoms with Gasteiger partial charge < -0.3 is 10.2 Å². The molecule has 0 radical (unpaired) electrons. The molecule has 12 heavy (non-hydrogen) atoms. The first-order valence-corrected chi connectivity index (χ1v) is 4.84. The fourth-order valence-electron chi connectivity index (χ4n) is 1.53. The van der Waals surface area contributed by atoms with Crippen molar-refractivity contribution in [2.45, 2.75) is 19.3 Å². The quantitative estimate of drug-likeness (QED) is 0.502. The van der Waals surface area contributed by atoms with Crippen LogP contribution in [0.5, 0.6) is 0 Å². The van der Waals surface area contributed by atoms with Gasteiger partial charge in [-0.25, -0.2) is 0 Å². The third kappa shape index (κ3) is 3.37. The summed E-state index contributed by atoms with van der Waals surface area (Å²) in [6.45, 7) is 3.54. The molecule has 0 fully saturated rings. The van der Waals surface area contributed by atoms with Crippen LogP contribution in [0.25, 0.3) is 0 Å². The molecule has 0 saturated heterocycles. The maximum atomic E-state index is 3.18. The van der Waals surface area contributed by atoms with Gasteiger partial charge in [-0.3, -0.25) is 0 Å². The number of hydrogen-bond acceptors (Lipinski definition) is 2. The van der Waals surface area contributed by atoms with Gasteiger partial charge in [-0.1, -0.05) is 11.6 Å². The van der Waals surface area contributed by atoms with Crippen molar-refractivity contribution >= 4 is 0 Å². The molecule has 0 unspecified atom stereocenters. The molecule has 2 nitrogen and oxygen atoms in total. The summed E-state index contributed by atoms with van der Waals surface area (Å²) in [6.07, 6.45) is 6.24. The second-order valence-corrected chi connectivity index (χ2v) is 3.58. The van der Waals surface area contributed by atoms with E-state index in [4.69, 9.17) is 0 Å². The lowest BCUT2D eigenvalue weighted by Gasteiger charge is -2.21. The third-order valence-corrected chi connectivity index (χ3v) is 2.43. The number of nitrogens with zero attached hydrogens (tertiary/aromatic N) is 1. The summed E-state index contributed by atoms with van der Waals surface area (Å²) in [4.78, 5) is 2.36. The zero-order chi connectivity index (χ0) is 8.81. The molecular weight excluding hydrogens is 148 g/mol. The molecule has 70 valence electrons. The van der Waals surface area contributed by atoms with Crippen molar-refractivity contribution in [2.75, 3.05) is 33.7 Å². The van der Waals surface area contributed by atoms with Crippen LogP contribution >= 0.6 is 0 Å². The molecule has 1 aliphatic heterocycles. The second-order valence-electron chi connectivity index (χ2n) is 3.58. The topological polar surface area (TPSA) is 15.3 Å². The molecule has 0 aliphatic carbocycles. The van der Waals surface area contributed by atoms with E-state index in [2.05, 4.69) is 23.3 Å². The molecule has 0 spiro atoms. The monoisotopic (exact) mass is 168 g/mol. The maximum Gasteiger partial charge on any atom is 0.0162 e. The lowest BCUT2D eigenvalue weighted by atomic mass is 10.0. The average Bonchev–Trinajstić information content (AvgIpc) is 2.09. The van der Waals surface area contributed by atoms with Gasteiger partial charge in [0.05, 0.1) is 0 Å². The lowest BCUT2D eigenvalue weighted by molar-refractivity contribution is 0.355. The van der Waals surface area contributed by atoms with E-state index in [0.29, 0.717) is 0 Å². The smallest absolute Gasteiger partial charge is 0.0162 e. The van der Waals surface area contributed by atoms with Crippen molar-refractivity contribution in [2.24, 2.45) is 0 Å². The molecule has 1 rings (SSSR count). The van der Waals surface area contributed by atoms with Gasteiger partial charge in [0, 0.05) is 13.1 Å². The van der Waals surface area contributed by atoms with E-state index in [-0.39, 0.29) is 0 Å². The van der Waals surface area contributed by atoms with Gasteiger partial charge in [0.25, 0.3) is 0 Å². The average molecular weight is 168 g/mol. The molecule has 2 heteroatoms. The number of hydrogen-bond donors (Lipinski definition) is 1. The Morgan fingerprint density at radius 3 is 3.00 bits per heavy atom. The third-order valence-electron chi connectivity index (χ3n) is 2.43. The van der Waals surface area contributed by atoms with Crippen LogP contribution in [0, 0.1) is 0 Å². The Kier molecular flexibility index (Phi) is 4.33. The first-order chi connectivity index (χ1) is 5.83. The van der Waals surface area contributed by atoms with Crippen LogP contribution in [0.1, 0.15) is 19.3 Å². The van der Waals surface area contributed by atoms with Crippen molar-refractivity contribution in [3.63, 3.8) is 0 Å². The highest BCUT2D eigenvalue weighted by Crippen LogP contribution is 2.14. The molecule has 0 amide bonds. The zero-order valence-electron chi connectivity index (χ0n) is 8.27. The van der Waals surface area contributed by atoms with Crippen LogP contribution in [0.2, 0.25) is 0 Å². The Bertz CT molecular complexity index is 152. The van der Waals surface area contributed by atoms with E-state index >= 15 is 0 Å². The minimum Gasteiger partial charge on any atom is -0.320 e. The molecule has 0 aromatic heterocycles. The lowest BCUT2D eigenvalue weighted by Crippen LogP contribution is -2.24. The Hall–Kier alpha value is -0.340. The number of nitrogens with one attached hydrogen (secondary N) is 1. The van der Waals surface area contributed by atoms with Crippen LogP contribution in [0.3, 0.4) is 0 Å². The SMILES string of the molecule is CNCCCC1=CCN(C)CC1. The van der Waals surface area contributed by atoms with E-state index in [1.165, 1.54) is 25.8 Å². The van der Waals surface area contributed by atoms with Gasteiger partial charge in [-0.05, 0) is 39.9 Å². The summed E-state index contributed by atoms with van der Waals surface area (Å²) in [5.74, 6) is 0. The highest BCUT2D eigenvalue weighted by atomic mass is 15.1. The van der Waals surface area contributed by atoms with Crippen molar-refractivity contribution < 1.29 is 0 Å². The van der Waals surface area contributed by atoms with Crippen molar-refractivity contribution in [1.82, 2.24) is 10.2 Å². The van der Waals surface area contributed by atoms with E-state index in [9.17, 15) is 0 Å². The summed E-state index contributed by atoms with van der Waals surface area (Å²) in [5, 5.41) is 3.18. The molecular formula is C10H20N2. The normalized spacial score (nSPS) is 19.3. The summed E-state index contributed by atoms with van der Waals surface area (Å²) >= 11 is 0. The molecule has 0 saturated carbocycles. The summed E-state index contributed by atoms with van der Waals surface area (Å²) in [5.41, 5.74) is 1.66. The molecule has 1 heterocycles. The molecule has 0 aromatic rings. The molecule has 0 atom stereocenters. The van der Waals surface area contributed by atoms with Crippen LogP contribution in [0.4, 0.5) is 0 Å². The predicted octanol–water partition coefficient (Wildman–Crippen LogP) is 1.25. The Balaban J connectivity index is 2.15. The minimum absolute atomic E-state index is 1.15. The van der Waals surface area contributed by atoms with E-state index in [0.717, 1.165) is 13.1 Å². The highest BCUT2D eigenvalue weighted by molar-refractivity contribution is 5.06. The first kappa shape index (κ1) is 9.75. The fraction of sp³-hybridized carbons (Fsp3) is 0.800. The van der Waals surface area contributed by atoms with Gasteiger partial charge in [0.2, 0.25) is 0 Å². The van der Waals surface area contributed by atoms with Crippen LogP contribution in [-0.4, -0.2) is 38.6 Å². The van der Waals surface area contributed by atoms with Gasteiger partial charge in [-0.15, -0.1) is 0 Å². The zero-order valence-corrected chi connectivity index (χ0v) is 8.27. The van der Waals surface area contributed by atoms with E-state index in [1.807, 2.05) is 7.05 Å². The molecule has 1 N–H and O–H groups in total. The van der Waals surface area contributed by atoms with Crippen molar-refractivity contribution in [3.8, 4) is 0 Å². The fourth-order valence-corrected chi connectivity index (χ4v) is 1.53. The van der Waals surface area contributed by atoms with Crippen molar-refractivity contribution in [3.05, 3.63) is 11.6 Å². The van der Waals surface area contributed by atoms with Crippen LogP contribution < -0.4 is 5.32 Å². The van der Waals surface area contributed by atoms with Gasteiger partial charge in [-0.2, -0.15) is 0 Å². The summed E-state index contributed by atoms with van der Waals surface area (Å²) < 4.78 is 0. The predicted molar refractivity (Wildman–Crippen MR) is 53.4 cm³/mol. The Labute approximate surface area is 75.6 Å². The largest absolute Gasteiger partial charge is 0.320 e. The second kappa shape index (κ2) is 5.33. The number of likely N-dealkylation sites (N-methyl/N-ethyl adjacent to an activating group) is 1. The van der Waals surface area contributed by atoms with E-state index < -0.39 is 0 Å². The first-order valence-electron chi connectivity index (χ1n) is 4.84. The van der Waals surface area contributed by atoms with E-state index in [1.54, 1.807) is 5.57 Å². The number of rotatable bonds is 4. The minimum atomic E-state index is 1.15. The Morgan fingerprint density at radius 2 is 2.42 bits per heavy atom.